The van der Waals surface area contributed by atoms with Crippen molar-refractivity contribution in [2.75, 3.05) is 11.9 Å². The highest BCUT2D eigenvalue weighted by molar-refractivity contribution is 5.92. The molecule has 2 aromatic rings. The van der Waals surface area contributed by atoms with Crippen LogP contribution in [0.3, 0.4) is 0 Å². The van der Waals surface area contributed by atoms with Gasteiger partial charge in [-0.15, -0.1) is 0 Å². The standard InChI is InChI=1S/C19H28N2/c1-6-8-14-9-10-16-15(12-14)17(20-11-7-2)13-18(21-16)19(3,4)5/h9-10,12-13H,6-8,11H2,1-5H3,(H,20,21). The number of rotatable bonds is 5. The Labute approximate surface area is 129 Å². The summed E-state index contributed by atoms with van der Waals surface area (Å²) in [5.41, 5.74) is 4.94. The summed E-state index contributed by atoms with van der Waals surface area (Å²) in [4.78, 5) is 4.88. The van der Waals surface area contributed by atoms with Gasteiger partial charge in [0.2, 0.25) is 0 Å². The van der Waals surface area contributed by atoms with E-state index in [1.165, 1.54) is 23.1 Å². The van der Waals surface area contributed by atoms with Gasteiger partial charge in [-0.2, -0.15) is 0 Å². The molecule has 2 rings (SSSR count). The van der Waals surface area contributed by atoms with Gasteiger partial charge in [0.25, 0.3) is 0 Å². The highest BCUT2D eigenvalue weighted by Crippen LogP contribution is 2.30. The van der Waals surface area contributed by atoms with Crippen molar-refractivity contribution in [3.63, 3.8) is 0 Å². The molecule has 0 aliphatic carbocycles. The second kappa shape index (κ2) is 6.46. The van der Waals surface area contributed by atoms with E-state index in [1.807, 2.05) is 0 Å². The Balaban J connectivity index is 2.57. The van der Waals surface area contributed by atoms with Gasteiger partial charge in [-0.1, -0.05) is 47.1 Å². The van der Waals surface area contributed by atoms with Crippen molar-refractivity contribution < 1.29 is 0 Å². The number of aromatic nitrogens is 1. The topological polar surface area (TPSA) is 24.9 Å². The molecule has 0 atom stereocenters. The second-order valence-electron chi connectivity index (χ2n) is 6.83. The van der Waals surface area contributed by atoms with E-state index in [4.69, 9.17) is 4.98 Å². The molecule has 1 N–H and O–H groups in total. The summed E-state index contributed by atoms with van der Waals surface area (Å²) >= 11 is 0. The van der Waals surface area contributed by atoms with Gasteiger partial charge < -0.3 is 5.32 Å². The zero-order valence-electron chi connectivity index (χ0n) is 14.1. The lowest BCUT2D eigenvalue weighted by Crippen LogP contribution is -2.14. The van der Waals surface area contributed by atoms with Gasteiger partial charge in [0, 0.05) is 28.7 Å². The Kier molecular flexibility index (Phi) is 4.87. The van der Waals surface area contributed by atoms with E-state index in [9.17, 15) is 0 Å². The lowest BCUT2D eigenvalue weighted by atomic mass is 9.90. The number of hydrogen-bond donors (Lipinski definition) is 1. The summed E-state index contributed by atoms with van der Waals surface area (Å²) in [5, 5.41) is 4.83. The SMILES string of the molecule is CCCNc1cc(C(C)(C)C)nc2ccc(CCC)cc12. The fourth-order valence-electron chi connectivity index (χ4n) is 2.51. The molecule has 2 nitrogen and oxygen atoms in total. The van der Waals surface area contributed by atoms with Crippen molar-refractivity contribution in [3.8, 4) is 0 Å². The fourth-order valence-corrected chi connectivity index (χ4v) is 2.51. The van der Waals surface area contributed by atoms with Gasteiger partial charge >= 0.3 is 0 Å². The van der Waals surface area contributed by atoms with Crippen LogP contribution in [0.2, 0.25) is 0 Å². The van der Waals surface area contributed by atoms with Crippen molar-refractivity contribution in [2.24, 2.45) is 0 Å². The Hall–Kier alpha value is -1.57. The van der Waals surface area contributed by atoms with E-state index < -0.39 is 0 Å². The van der Waals surface area contributed by atoms with Crippen LogP contribution >= 0.6 is 0 Å². The molecule has 0 aliphatic rings. The molecule has 0 unspecified atom stereocenters. The van der Waals surface area contributed by atoms with E-state index in [-0.39, 0.29) is 5.41 Å². The van der Waals surface area contributed by atoms with Crippen LogP contribution in [-0.2, 0) is 11.8 Å². The first-order chi connectivity index (χ1) is 9.95. The molecule has 0 fully saturated rings. The van der Waals surface area contributed by atoms with Crippen LogP contribution in [-0.4, -0.2) is 11.5 Å². The molecular weight excluding hydrogens is 256 g/mol. The lowest BCUT2D eigenvalue weighted by molar-refractivity contribution is 0.572. The predicted molar refractivity (Wildman–Crippen MR) is 93.2 cm³/mol. The number of anilines is 1. The number of nitrogens with zero attached hydrogens (tertiary/aromatic N) is 1. The lowest BCUT2D eigenvalue weighted by Gasteiger charge is -2.21. The van der Waals surface area contributed by atoms with Crippen LogP contribution < -0.4 is 5.32 Å². The summed E-state index contributed by atoms with van der Waals surface area (Å²) in [6.07, 6.45) is 3.43. The summed E-state index contributed by atoms with van der Waals surface area (Å²) in [6, 6.07) is 8.92. The minimum Gasteiger partial charge on any atom is -0.384 e. The number of aryl methyl sites for hydroxylation is 1. The van der Waals surface area contributed by atoms with Crippen LogP contribution in [0.4, 0.5) is 5.69 Å². The monoisotopic (exact) mass is 284 g/mol. The van der Waals surface area contributed by atoms with E-state index in [1.54, 1.807) is 0 Å². The summed E-state index contributed by atoms with van der Waals surface area (Å²) in [7, 11) is 0. The number of pyridine rings is 1. The fraction of sp³-hybridized carbons (Fsp3) is 0.526. The first kappa shape index (κ1) is 15.8. The number of benzene rings is 1. The Bertz CT molecular complexity index is 609. The van der Waals surface area contributed by atoms with Gasteiger partial charge in [0.15, 0.2) is 0 Å². The molecule has 1 aromatic carbocycles. The maximum absolute atomic E-state index is 4.88. The van der Waals surface area contributed by atoms with Crippen molar-refractivity contribution in [3.05, 3.63) is 35.5 Å². The third-order valence-corrected chi connectivity index (χ3v) is 3.75. The first-order valence-corrected chi connectivity index (χ1v) is 8.13. The Morgan fingerprint density at radius 3 is 2.43 bits per heavy atom. The molecule has 0 saturated carbocycles. The minimum absolute atomic E-state index is 0.0684. The molecule has 0 saturated heterocycles. The van der Waals surface area contributed by atoms with E-state index in [0.29, 0.717) is 0 Å². The molecule has 0 radical (unpaired) electrons. The molecule has 21 heavy (non-hydrogen) atoms. The van der Waals surface area contributed by atoms with Crippen molar-refractivity contribution in [1.82, 2.24) is 4.98 Å². The van der Waals surface area contributed by atoms with Gasteiger partial charge in [0.1, 0.15) is 0 Å². The average Bonchev–Trinajstić information content (AvgIpc) is 2.44. The highest BCUT2D eigenvalue weighted by Gasteiger charge is 2.18. The minimum atomic E-state index is 0.0684. The third kappa shape index (κ3) is 3.75. The smallest absolute Gasteiger partial charge is 0.0726 e. The molecule has 2 heteroatoms. The quantitative estimate of drug-likeness (QED) is 0.805. The molecule has 0 spiro atoms. The normalized spacial score (nSPS) is 11.9. The second-order valence-corrected chi connectivity index (χ2v) is 6.83. The van der Waals surface area contributed by atoms with Crippen LogP contribution in [0, 0.1) is 0 Å². The van der Waals surface area contributed by atoms with Crippen molar-refractivity contribution >= 4 is 16.6 Å². The van der Waals surface area contributed by atoms with Gasteiger partial charge in [-0.25, -0.2) is 0 Å². The summed E-state index contributed by atoms with van der Waals surface area (Å²) < 4.78 is 0. The van der Waals surface area contributed by atoms with Gasteiger partial charge in [0.05, 0.1) is 5.52 Å². The number of fused-ring (bicyclic) bond motifs is 1. The van der Waals surface area contributed by atoms with Gasteiger partial charge in [-0.05, 0) is 36.6 Å². The number of nitrogens with one attached hydrogen (secondary N) is 1. The molecule has 1 heterocycles. The molecule has 0 amide bonds. The van der Waals surface area contributed by atoms with E-state index in [2.05, 4.69) is 64.2 Å². The molecule has 0 aliphatic heterocycles. The maximum atomic E-state index is 4.88. The number of hydrogen-bond acceptors (Lipinski definition) is 2. The van der Waals surface area contributed by atoms with Crippen LogP contribution in [0.15, 0.2) is 24.3 Å². The predicted octanol–water partition coefficient (Wildman–Crippen LogP) is 5.31. The summed E-state index contributed by atoms with van der Waals surface area (Å²) in [5.74, 6) is 0. The first-order valence-electron chi connectivity index (χ1n) is 8.13. The summed E-state index contributed by atoms with van der Waals surface area (Å²) in [6.45, 7) is 12.1. The maximum Gasteiger partial charge on any atom is 0.0726 e. The van der Waals surface area contributed by atoms with Crippen molar-refractivity contribution in [1.29, 1.82) is 0 Å². The third-order valence-electron chi connectivity index (χ3n) is 3.75. The van der Waals surface area contributed by atoms with Crippen LogP contribution in [0.1, 0.15) is 58.7 Å². The zero-order chi connectivity index (χ0) is 15.5. The molecule has 1 aromatic heterocycles. The van der Waals surface area contributed by atoms with Crippen molar-refractivity contribution in [2.45, 2.75) is 59.3 Å². The Morgan fingerprint density at radius 1 is 1.05 bits per heavy atom. The molecule has 114 valence electrons. The average molecular weight is 284 g/mol. The largest absolute Gasteiger partial charge is 0.384 e. The van der Waals surface area contributed by atoms with E-state index in [0.717, 1.165) is 30.6 Å². The molecular formula is C19H28N2. The van der Waals surface area contributed by atoms with Crippen LogP contribution in [0.25, 0.3) is 10.9 Å². The zero-order valence-corrected chi connectivity index (χ0v) is 14.1. The van der Waals surface area contributed by atoms with Crippen LogP contribution in [0.5, 0.6) is 0 Å². The highest BCUT2D eigenvalue weighted by atomic mass is 14.9. The van der Waals surface area contributed by atoms with Gasteiger partial charge in [-0.3, -0.25) is 4.98 Å². The Morgan fingerprint density at radius 2 is 1.81 bits per heavy atom. The van der Waals surface area contributed by atoms with E-state index >= 15 is 0 Å². The molecule has 0 bridgehead atoms.